The zero-order valence-electron chi connectivity index (χ0n) is 26.0. The summed E-state index contributed by atoms with van der Waals surface area (Å²) >= 11 is 0. The highest BCUT2D eigenvalue weighted by Crippen LogP contribution is 2.46. The van der Waals surface area contributed by atoms with Gasteiger partial charge in [0.25, 0.3) is 5.91 Å². The van der Waals surface area contributed by atoms with E-state index in [9.17, 15) is 40.7 Å². The average molecular weight is 608 g/mol. The molecule has 8 nitrogen and oxygen atoms in total. The van der Waals surface area contributed by atoms with Crippen LogP contribution in [-0.4, -0.2) is 57.4 Å². The molecule has 1 saturated heterocycles. The van der Waals surface area contributed by atoms with Gasteiger partial charge < -0.3 is 15.5 Å². The summed E-state index contributed by atoms with van der Waals surface area (Å²) in [7, 11) is 0. The first-order valence-electron chi connectivity index (χ1n) is 14.9. The summed E-state index contributed by atoms with van der Waals surface area (Å²) in [5.74, 6) is -9.46. The molecule has 2 aliphatic heterocycles. The summed E-state index contributed by atoms with van der Waals surface area (Å²) in [5.41, 5.74) is -4.93. The van der Waals surface area contributed by atoms with E-state index in [1.54, 1.807) is 0 Å². The van der Waals surface area contributed by atoms with Gasteiger partial charge in [-0.2, -0.15) is 13.2 Å². The number of carbonyl (C=O) groups is 3. The summed E-state index contributed by atoms with van der Waals surface area (Å²) in [6, 6.07) is 1.43. The third-order valence-electron chi connectivity index (χ3n) is 7.81. The van der Waals surface area contributed by atoms with Crippen molar-refractivity contribution in [2.75, 3.05) is 11.9 Å². The smallest absolute Gasteiger partial charge is 0.340 e. The molecule has 3 amide bonds. The number of nitrogens with zero attached hydrogens (tertiary/aromatic N) is 3. The van der Waals surface area contributed by atoms with Crippen molar-refractivity contribution in [3.63, 3.8) is 0 Å². The maximum Gasteiger partial charge on any atom is 0.406 e. The maximum absolute atomic E-state index is 14.8. The Balaban J connectivity index is 1.37. The molecule has 2 N–H and O–H groups in total. The first kappa shape index (κ1) is 24.0. The highest BCUT2D eigenvalue weighted by molar-refractivity contribution is 6.06. The van der Waals surface area contributed by atoms with Gasteiger partial charge in [0.05, 0.1) is 11.0 Å². The number of benzene rings is 1. The van der Waals surface area contributed by atoms with Crippen molar-refractivity contribution in [3.8, 4) is 0 Å². The topological polar surface area (TPSA) is 104 Å². The summed E-state index contributed by atoms with van der Waals surface area (Å²) in [6.45, 7) is -0.732. The first-order chi connectivity index (χ1) is 21.8. The third kappa shape index (κ3) is 4.78. The lowest BCUT2D eigenvalue weighted by Gasteiger charge is -2.43. The molecule has 6 rings (SSSR count). The van der Waals surface area contributed by atoms with Crippen LogP contribution in [0.2, 0.25) is 0 Å². The van der Waals surface area contributed by atoms with Gasteiger partial charge in [-0.15, -0.1) is 0 Å². The first-order valence-corrected chi connectivity index (χ1v) is 12.9. The molecule has 3 aliphatic rings. The van der Waals surface area contributed by atoms with Crippen molar-refractivity contribution in [2.45, 2.75) is 55.7 Å². The number of rotatable bonds is 4. The summed E-state index contributed by atoms with van der Waals surface area (Å²) < 4.78 is 120. The molecule has 4 atom stereocenters. The molecule has 3 aromatic rings. The minimum atomic E-state index is -4.95. The Bertz CT molecular complexity index is 1860. The average Bonchev–Trinajstić information content (AvgIpc) is 3.38. The van der Waals surface area contributed by atoms with Gasteiger partial charge in [-0.25, -0.2) is 18.2 Å². The zero-order chi connectivity index (χ0) is 34.4. The molecule has 0 radical (unpaired) electrons. The SMILES string of the molecule is [2H]C1([2H])c2cc(C(=O)N[C@H]3C[C@@H](c4c(F)ccc(F)c4F)[C@@H](C)N(CC(F)(F)F)C3=O)cnc2C([2H])([2H])[C@@]12C(=O)Nc1ncccc12. The lowest BCUT2D eigenvalue weighted by Crippen LogP contribution is -2.60. The number of halogens is 6. The third-order valence-corrected chi connectivity index (χ3v) is 7.81. The van der Waals surface area contributed by atoms with Crippen molar-refractivity contribution >= 4 is 23.5 Å². The molecule has 1 aromatic carbocycles. The number of carbonyl (C=O) groups excluding carboxylic acids is 3. The number of nitrogens with one attached hydrogen (secondary N) is 2. The number of alkyl halides is 3. The van der Waals surface area contributed by atoms with E-state index in [0.29, 0.717) is 12.1 Å². The molecule has 1 spiro atoms. The van der Waals surface area contributed by atoms with Gasteiger partial charge in [0.1, 0.15) is 24.2 Å². The number of likely N-dealkylation sites (tertiary alicyclic amines) is 1. The molecular weight excluding hydrogens is 580 g/mol. The zero-order valence-corrected chi connectivity index (χ0v) is 22.0. The van der Waals surface area contributed by atoms with E-state index in [1.807, 2.05) is 0 Å². The normalized spacial score (nSPS) is 28.3. The van der Waals surface area contributed by atoms with E-state index in [4.69, 9.17) is 5.48 Å². The van der Waals surface area contributed by atoms with Gasteiger partial charge >= 0.3 is 6.18 Å². The Morgan fingerprint density at radius 3 is 2.65 bits per heavy atom. The quantitative estimate of drug-likeness (QED) is 0.346. The number of fused-ring (bicyclic) bond motifs is 3. The Hall–Kier alpha value is -4.49. The van der Waals surface area contributed by atoms with Crippen molar-refractivity contribution < 1.29 is 46.2 Å². The fraction of sp³-hybridized carbons (Fsp3) is 0.345. The van der Waals surface area contributed by atoms with E-state index < -0.39 is 113 Å². The Labute approximate surface area is 246 Å². The van der Waals surface area contributed by atoms with E-state index in [0.717, 1.165) is 19.2 Å². The van der Waals surface area contributed by atoms with Crippen LogP contribution in [-0.2, 0) is 27.7 Å². The fourth-order valence-corrected chi connectivity index (χ4v) is 5.76. The molecular formula is C29H23F6N5O3. The van der Waals surface area contributed by atoms with Crippen LogP contribution in [0.1, 0.15) is 57.5 Å². The number of anilines is 1. The van der Waals surface area contributed by atoms with Gasteiger partial charge in [0.15, 0.2) is 11.6 Å². The van der Waals surface area contributed by atoms with Gasteiger partial charge in [0.2, 0.25) is 11.8 Å². The number of pyridine rings is 2. The van der Waals surface area contributed by atoms with Crippen LogP contribution in [0.3, 0.4) is 0 Å². The van der Waals surface area contributed by atoms with Gasteiger partial charge in [-0.1, -0.05) is 6.07 Å². The van der Waals surface area contributed by atoms with E-state index in [1.165, 1.54) is 18.3 Å². The number of piperidine rings is 1. The van der Waals surface area contributed by atoms with E-state index in [-0.39, 0.29) is 16.3 Å². The number of hydrogen-bond donors (Lipinski definition) is 2. The molecule has 0 unspecified atom stereocenters. The largest absolute Gasteiger partial charge is 0.406 e. The van der Waals surface area contributed by atoms with E-state index in [2.05, 4.69) is 20.6 Å². The fourth-order valence-electron chi connectivity index (χ4n) is 5.76. The molecule has 224 valence electrons. The molecule has 0 saturated carbocycles. The van der Waals surface area contributed by atoms with Gasteiger partial charge in [0, 0.05) is 53.0 Å². The van der Waals surface area contributed by atoms with Gasteiger partial charge in [-0.3, -0.25) is 19.4 Å². The predicted molar refractivity (Wildman–Crippen MR) is 138 cm³/mol. The van der Waals surface area contributed by atoms with Crippen molar-refractivity contribution in [1.29, 1.82) is 0 Å². The Morgan fingerprint density at radius 1 is 1.16 bits per heavy atom. The second-order valence-electron chi connectivity index (χ2n) is 10.4. The minimum absolute atomic E-state index is 0.0646. The number of aromatic nitrogens is 2. The summed E-state index contributed by atoms with van der Waals surface area (Å²) in [5, 5.41) is 4.61. The Kier molecular flexibility index (Phi) is 5.61. The molecule has 2 aromatic heterocycles. The Morgan fingerprint density at radius 2 is 1.91 bits per heavy atom. The maximum atomic E-state index is 14.8. The van der Waals surface area contributed by atoms with Crippen LogP contribution >= 0.6 is 0 Å². The highest BCUT2D eigenvalue weighted by atomic mass is 19.4. The molecule has 14 heteroatoms. The predicted octanol–water partition coefficient (Wildman–Crippen LogP) is 3.95. The molecule has 1 aliphatic carbocycles. The van der Waals surface area contributed by atoms with Crippen LogP contribution in [0.15, 0.2) is 42.7 Å². The standard InChI is InChI=1S/C29H23F6N5O3/c1-13-16(22-18(30)4-5-19(31)23(22)32)8-20(26(42)40(13)12-29(33,34)35)38-25(41)15-7-14-9-28(10-21(14)37-11-15)17-3-2-6-36-24(17)39-27(28)43/h2-7,11,13,16,20H,8-10,12H2,1H3,(H,38,41)(H,36,39,43)/t13-,16-,20+,28+/m1/s1/i9D2,10D2. The lowest BCUT2D eigenvalue weighted by molar-refractivity contribution is -0.170. The number of amides is 3. The number of hydrogen-bond acceptors (Lipinski definition) is 5. The lowest BCUT2D eigenvalue weighted by atomic mass is 9.80. The van der Waals surface area contributed by atoms with Crippen LogP contribution in [0.4, 0.5) is 32.2 Å². The second kappa shape index (κ2) is 10.1. The molecule has 43 heavy (non-hydrogen) atoms. The van der Waals surface area contributed by atoms with Crippen LogP contribution in [0.5, 0.6) is 0 Å². The van der Waals surface area contributed by atoms with Crippen LogP contribution < -0.4 is 10.6 Å². The van der Waals surface area contributed by atoms with Crippen molar-refractivity contribution in [2.24, 2.45) is 0 Å². The monoisotopic (exact) mass is 607 g/mol. The molecule has 1 fully saturated rings. The highest BCUT2D eigenvalue weighted by Gasteiger charge is 2.52. The minimum Gasteiger partial charge on any atom is -0.340 e. The van der Waals surface area contributed by atoms with Crippen molar-refractivity contribution in [3.05, 3.63) is 88.1 Å². The molecule has 4 heterocycles. The molecule has 0 bridgehead atoms. The summed E-state index contributed by atoms with van der Waals surface area (Å²) in [4.78, 5) is 48.3. The van der Waals surface area contributed by atoms with Crippen LogP contribution in [0.25, 0.3) is 0 Å². The van der Waals surface area contributed by atoms with Gasteiger partial charge in [-0.05, 0) is 49.5 Å². The second-order valence-corrected chi connectivity index (χ2v) is 10.4. The summed E-state index contributed by atoms with van der Waals surface area (Å²) in [6.07, 6.45) is -9.03. The van der Waals surface area contributed by atoms with Crippen LogP contribution in [0, 0.1) is 17.5 Å². The van der Waals surface area contributed by atoms with Crippen molar-refractivity contribution in [1.82, 2.24) is 20.2 Å². The van der Waals surface area contributed by atoms with E-state index >= 15 is 0 Å².